The predicted octanol–water partition coefficient (Wildman–Crippen LogP) is 3.91. The minimum Gasteiger partial charge on any atom is -0.496 e. The maximum absolute atomic E-state index is 13.0. The molecular weight excluding hydrogens is 378 g/mol. The number of carbonyl (C=O) groups is 2. The van der Waals surface area contributed by atoms with Crippen molar-refractivity contribution in [3.8, 4) is 11.8 Å². The lowest BCUT2D eigenvalue weighted by atomic mass is 10.1. The van der Waals surface area contributed by atoms with E-state index in [-0.39, 0.29) is 37.1 Å². The molecule has 30 heavy (non-hydrogen) atoms. The second-order valence-electron chi connectivity index (χ2n) is 7.35. The van der Waals surface area contributed by atoms with Gasteiger partial charge >= 0.3 is 0 Å². The van der Waals surface area contributed by atoms with E-state index in [2.05, 4.69) is 6.07 Å². The first-order chi connectivity index (χ1) is 14.6. The molecule has 0 aromatic heterocycles. The summed E-state index contributed by atoms with van der Waals surface area (Å²) < 4.78 is 5.42. The normalized spacial score (nSPS) is 12.7. The van der Waals surface area contributed by atoms with E-state index in [1.54, 1.807) is 12.0 Å². The van der Waals surface area contributed by atoms with Crippen LogP contribution in [0.1, 0.15) is 37.7 Å². The molecule has 2 aromatic carbocycles. The molecule has 0 saturated heterocycles. The number of hydrogen-bond donors (Lipinski definition) is 0. The van der Waals surface area contributed by atoms with Crippen LogP contribution in [0.2, 0.25) is 0 Å². The van der Waals surface area contributed by atoms with E-state index >= 15 is 0 Å². The smallest absolute Gasteiger partial charge is 0.227 e. The van der Waals surface area contributed by atoms with Crippen LogP contribution in [0.15, 0.2) is 54.6 Å². The molecule has 1 aliphatic rings. The van der Waals surface area contributed by atoms with Crippen LogP contribution in [-0.2, 0) is 16.1 Å². The molecule has 0 aliphatic heterocycles. The van der Waals surface area contributed by atoms with Crippen molar-refractivity contribution in [3.05, 3.63) is 60.2 Å². The molecule has 0 atom stereocenters. The van der Waals surface area contributed by atoms with Crippen LogP contribution in [0.5, 0.6) is 5.75 Å². The summed E-state index contributed by atoms with van der Waals surface area (Å²) in [5.74, 6) is 0.599. The lowest BCUT2D eigenvalue weighted by Crippen LogP contribution is -2.35. The number of amides is 2. The van der Waals surface area contributed by atoms with Gasteiger partial charge in [0.05, 0.1) is 19.6 Å². The number of benzene rings is 2. The highest BCUT2D eigenvalue weighted by atomic mass is 16.5. The standard InChI is InChI=1S/C24H27N3O3/c1-30-22-11-6-5-8-19(22)18-27(21-12-13-21)24(29)15-14-23(28)26(17-7-16-25)20-9-3-2-4-10-20/h2-6,8-11,21H,7,12-15,17-18H2,1H3. The molecule has 1 aliphatic carbocycles. The minimum atomic E-state index is -0.141. The van der Waals surface area contributed by atoms with Gasteiger partial charge in [-0.3, -0.25) is 9.59 Å². The van der Waals surface area contributed by atoms with E-state index in [9.17, 15) is 9.59 Å². The molecule has 1 saturated carbocycles. The molecule has 6 heteroatoms. The Labute approximate surface area is 177 Å². The van der Waals surface area contributed by atoms with Gasteiger partial charge in [0.15, 0.2) is 0 Å². The third-order valence-corrected chi connectivity index (χ3v) is 5.21. The number of carbonyl (C=O) groups excluding carboxylic acids is 2. The zero-order valence-electron chi connectivity index (χ0n) is 17.3. The Balaban J connectivity index is 1.64. The third-order valence-electron chi connectivity index (χ3n) is 5.21. The number of hydrogen-bond acceptors (Lipinski definition) is 4. The van der Waals surface area contributed by atoms with Crippen LogP contribution >= 0.6 is 0 Å². The van der Waals surface area contributed by atoms with E-state index in [0.717, 1.165) is 29.8 Å². The first-order valence-corrected chi connectivity index (χ1v) is 10.3. The van der Waals surface area contributed by atoms with Crippen molar-refractivity contribution in [1.82, 2.24) is 4.90 Å². The SMILES string of the molecule is COc1ccccc1CN(C(=O)CCC(=O)N(CCC#N)c1ccccc1)C1CC1. The fraction of sp³-hybridized carbons (Fsp3) is 0.375. The summed E-state index contributed by atoms with van der Waals surface area (Å²) in [5, 5.41) is 8.93. The molecule has 0 bridgehead atoms. The van der Waals surface area contributed by atoms with Crippen molar-refractivity contribution in [3.63, 3.8) is 0 Å². The Bertz CT molecular complexity index is 903. The minimum absolute atomic E-state index is 0.0231. The van der Waals surface area contributed by atoms with Crippen molar-refractivity contribution in [2.24, 2.45) is 0 Å². The number of methoxy groups -OCH3 is 1. The molecule has 2 amide bonds. The van der Waals surface area contributed by atoms with Crippen LogP contribution in [-0.4, -0.2) is 36.4 Å². The van der Waals surface area contributed by atoms with Crippen molar-refractivity contribution < 1.29 is 14.3 Å². The number of nitrogens with zero attached hydrogens (tertiary/aromatic N) is 3. The van der Waals surface area contributed by atoms with Crippen LogP contribution < -0.4 is 9.64 Å². The van der Waals surface area contributed by atoms with Crippen LogP contribution in [0, 0.1) is 11.3 Å². The lowest BCUT2D eigenvalue weighted by Gasteiger charge is -2.25. The van der Waals surface area contributed by atoms with Gasteiger partial charge in [-0.15, -0.1) is 0 Å². The van der Waals surface area contributed by atoms with Gasteiger partial charge in [0.1, 0.15) is 5.75 Å². The molecule has 0 spiro atoms. The second kappa shape index (κ2) is 10.4. The summed E-state index contributed by atoms with van der Waals surface area (Å²) >= 11 is 0. The summed E-state index contributed by atoms with van der Waals surface area (Å²) in [7, 11) is 1.63. The highest BCUT2D eigenvalue weighted by molar-refractivity contribution is 5.95. The summed E-state index contributed by atoms with van der Waals surface area (Å²) in [6.07, 6.45) is 2.51. The number of para-hydroxylation sites is 2. The number of nitriles is 1. The van der Waals surface area contributed by atoms with Gasteiger partial charge < -0.3 is 14.5 Å². The summed E-state index contributed by atoms with van der Waals surface area (Å²) in [6, 6.07) is 19.3. The molecule has 1 fully saturated rings. The Kier molecular flexibility index (Phi) is 7.45. The van der Waals surface area contributed by atoms with Gasteiger partial charge in [0.2, 0.25) is 11.8 Å². The third kappa shape index (κ3) is 5.60. The topological polar surface area (TPSA) is 73.6 Å². The fourth-order valence-electron chi connectivity index (χ4n) is 3.48. The molecule has 0 unspecified atom stereocenters. The molecule has 0 N–H and O–H groups in total. The van der Waals surface area contributed by atoms with Crippen molar-refractivity contribution in [2.45, 2.75) is 44.7 Å². The van der Waals surface area contributed by atoms with Crippen molar-refractivity contribution in [2.75, 3.05) is 18.6 Å². The van der Waals surface area contributed by atoms with Crippen molar-refractivity contribution >= 4 is 17.5 Å². The van der Waals surface area contributed by atoms with Crippen molar-refractivity contribution in [1.29, 1.82) is 5.26 Å². The van der Waals surface area contributed by atoms with Crippen LogP contribution in [0.3, 0.4) is 0 Å². The van der Waals surface area contributed by atoms with E-state index < -0.39 is 0 Å². The lowest BCUT2D eigenvalue weighted by molar-refractivity contribution is -0.134. The Morgan fingerprint density at radius 1 is 1.03 bits per heavy atom. The second-order valence-corrected chi connectivity index (χ2v) is 7.35. The number of rotatable bonds is 10. The molecule has 0 heterocycles. The van der Waals surface area contributed by atoms with E-state index in [0.29, 0.717) is 13.1 Å². The largest absolute Gasteiger partial charge is 0.496 e. The maximum Gasteiger partial charge on any atom is 0.227 e. The maximum atomic E-state index is 13.0. The molecular formula is C24H27N3O3. The Hall–Kier alpha value is -3.33. The first-order valence-electron chi connectivity index (χ1n) is 10.3. The van der Waals surface area contributed by atoms with Gasteiger partial charge in [0.25, 0.3) is 0 Å². The average molecular weight is 405 g/mol. The van der Waals surface area contributed by atoms with Gasteiger partial charge in [-0.2, -0.15) is 5.26 Å². The number of anilines is 1. The molecule has 0 radical (unpaired) electrons. The van der Waals surface area contributed by atoms with Crippen LogP contribution in [0.4, 0.5) is 5.69 Å². The van der Waals surface area contributed by atoms with E-state index in [1.807, 2.05) is 59.5 Å². The van der Waals surface area contributed by atoms with Gasteiger partial charge in [0, 0.05) is 43.2 Å². The summed E-state index contributed by atoms with van der Waals surface area (Å²) in [6.45, 7) is 0.805. The fourth-order valence-corrected chi connectivity index (χ4v) is 3.48. The van der Waals surface area contributed by atoms with E-state index in [1.165, 1.54) is 0 Å². The first kappa shape index (κ1) is 21.4. The van der Waals surface area contributed by atoms with Crippen LogP contribution in [0.25, 0.3) is 0 Å². The Morgan fingerprint density at radius 2 is 1.70 bits per heavy atom. The predicted molar refractivity (Wildman–Crippen MR) is 115 cm³/mol. The molecule has 156 valence electrons. The van der Waals surface area contributed by atoms with E-state index in [4.69, 9.17) is 10.00 Å². The average Bonchev–Trinajstić information content (AvgIpc) is 3.62. The summed E-state index contributed by atoms with van der Waals surface area (Å²) in [4.78, 5) is 29.3. The molecule has 2 aromatic rings. The molecule has 6 nitrogen and oxygen atoms in total. The van der Waals surface area contributed by atoms with Gasteiger partial charge in [-0.25, -0.2) is 0 Å². The zero-order chi connectivity index (χ0) is 21.3. The quantitative estimate of drug-likeness (QED) is 0.601. The molecule has 3 rings (SSSR count). The summed E-state index contributed by atoms with van der Waals surface area (Å²) in [5.41, 5.74) is 1.71. The highest BCUT2D eigenvalue weighted by Crippen LogP contribution is 2.31. The van der Waals surface area contributed by atoms with Gasteiger partial charge in [-0.1, -0.05) is 36.4 Å². The van der Waals surface area contributed by atoms with Gasteiger partial charge in [-0.05, 0) is 31.0 Å². The highest BCUT2D eigenvalue weighted by Gasteiger charge is 2.33. The number of ether oxygens (including phenoxy) is 1. The zero-order valence-corrected chi connectivity index (χ0v) is 17.3. The Morgan fingerprint density at radius 3 is 2.37 bits per heavy atom. The monoisotopic (exact) mass is 405 g/mol.